The molecular weight excluding hydrogens is 398 g/mol. The van der Waals surface area contributed by atoms with E-state index in [4.69, 9.17) is 13.9 Å². The molecule has 1 heterocycles. The number of rotatable bonds is 8. The molecule has 7 heteroatoms. The van der Waals surface area contributed by atoms with Crippen LogP contribution in [0, 0.1) is 0 Å². The van der Waals surface area contributed by atoms with Gasteiger partial charge in [0.2, 0.25) is 5.76 Å². The second-order valence-electron chi connectivity index (χ2n) is 6.79. The molecule has 0 radical (unpaired) electrons. The number of hydrogen-bond acceptors (Lipinski definition) is 6. The lowest BCUT2D eigenvalue weighted by molar-refractivity contribution is -0.123. The first kappa shape index (κ1) is 21.8. The molecule has 31 heavy (non-hydrogen) atoms. The zero-order valence-corrected chi connectivity index (χ0v) is 17.5. The summed E-state index contributed by atoms with van der Waals surface area (Å²) in [6.07, 6.45) is -1.03. The van der Waals surface area contributed by atoms with E-state index in [1.807, 2.05) is 6.92 Å². The highest BCUT2D eigenvalue weighted by atomic mass is 16.6. The predicted octanol–water partition coefficient (Wildman–Crippen LogP) is 4.73. The van der Waals surface area contributed by atoms with Crippen molar-refractivity contribution >= 4 is 23.3 Å². The van der Waals surface area contributed by atoms with E-state index in [1.54, 1.807) is 54.6 Å². The van der Waals surface area contributed by atoms with Crippen molar-refractivity contribution in [3.63, 3.8) is 0 Å². The minimum atomic E-state index is -1.03. The number of nitrogens with one attached hydrogen (secondary N) is 1. The third-order valence-electron chi connectivity index (χ3n) is 4.47. The van der Waals surface area contributed by atoms with Gasteiger partial charge < -0.3 is 19.2 Å². The highest BCUT2D eigenvalue weighted by Crippen LogP contribution is 2.23. The minimum absolute atomic E-state index is 0.0219. The SMILES string of the molecule is CCOc1ccc(NC(=O)[C@H](C)OC(=O)c2ccc(-c3ccc(C(C)=O)cc3)o2)cc1. The summed E-state index contributed by atoms with van der Waals surface area (Å²) in [4.78, 5) is 36.1. The highest BCUT2D eigenvalue weighted by molar-refractivity contribution is 5.97. The number of esters is 1. The molecule has 0 aliphatic carbocycles. The maximum atomic E-state index is 12.4. The zero-order valence-electron chi connectivity index (χ0n) is 17.5. The fourth-order valence-corrected chi connectivity index (χ4v) is 2.79. The number of anilines is 1. The Hall–Kier alpha value is -3.87. The molecule has 3 rings (SSSR count). The number of hydrogen-bond donors (Lipinski definition) is 1. The van der Waals surface area contributed by atoms with Crippen LogP contribution in [0.5, 0.6) is 5.75 Å². The van der Waals surface area contributed by atoms with Crippen LogP contribution in [0.3, 0.4) is 0 Å². The second kappa shape index (κ2) is 9.75. The summed E-state index contributed by atoms with van der Waals surface area (Å²) in [7, 11) is 0. The molecule has 0 saturated heterocycles. The second-order valence-corrected chi connectivity index (χ2v) is 6.79. The number of Topliss-reactive ketones (excluding diaryl/α,β-unsaturated/α-hetero) is 1. The van der Waals surface area contributed by atoms with Crippen molar-refractivity contribution < 1.29 is 28.3 Å². The number of amides is 1. The molecule has 0 bridgehead atoms. The Bertz CT molecular complexity index is 1070. The molecule has 7 nitrogen and oxygen atoms in total. The smallest absolute Gasteiger partial charge is 0.375 e. The molecule has 160 valence electrons. The fraction of sp³-hybridized carbons (Fsp3) is 0.208. The van der Waals surface area contributed by atoms with Crippen LogP contribution in [0.25, 0.3) is 11.3 Å². The summed E-state index contributed by atoms with van der Waals surface area (Å²) < 4.78 is 16.1. The summed E-state index contributed by atoms with van der Waals surface area (Å²) >= 11 is 0. The van der Waals surface area contributed by atoms with E-state index in [9.17, 15) is 14.4 Å². The first-order chi connectivity index (χ1) is 14.9. The number of carbonyl (C=O) groups excluding carboxylic acids is 3. The van der Waals surface area contributed by atoms with Gasteiger partial charge in [0.05, 0.1) is 6.61 Å². The number of benzene rings is 2. The molecule has 1 atom stereocenters. The molecule has 1 N–H and O–H groups in total. The van der Waals surface area contributed by atoms with Crippen molar-refractivity contribution in [2.45, 2.75) is 26.9 Å². The lowest BCUT2D eigenvalue weighted by Gasteiger charge is -2.13. The fourth-order valence-electron chi connectivity index (χ4n) is 2.79. The molecule has 0 saturated carbocycles. The quantitative estimate of drug-likeness (QED) is 0.417. The van der Waals surface area contributed by atoms with Crippen LogP contribution in [0.15, 0.2) is 65.1 Å². The van der Waals surface area contributed by atoms with E-state index in [-0.39, 0.29) is 11.5 Å². The van der Waals surface area contributed by atoms with Gasteiger partial charge in [-0.1, -0.05) is 24.3 Å². The highest BCUT2D eigenvalue weighted by Gasteiger charge is 2.21. The Labute approximate surface area is 180 Å². The van der Waals surface area contributed by atoms with Crippen LogP contribution < -0.4 is 10.1 Å². The van der Waals surface area contributed by atoms with Gasteiger partial charge in [0.15, 0.2) is 11.9 Å². The topological polar surface area (TPSA) is 94.8 Å². The van der Waals surface area contributed by atoms with Crippen LogP contribution in [0.4, 0.5) is 5.69 Å². The third-order valence-corrected chi connectivity index (χ3v) is 4.47. The van der Waals surface area contributed by atoms with Gasteiger partial charge in [-0.15, -0.1) is 0 Å². The van der Waals surface area contributed by atoms with E-state index in [0.717, 1.165) is 0 Å². The van der Waals surface area contributed by atoms with Crippen molar-refractivity contribution in [2.24, 2.45) is 0 Å². The van der Waals surface area contributed by atoms with E-state index in [2.05, 4.69) is 5.32 Å². The van der Waals surface area contributed by atoms with E-state index in [0.29, 0.717) is 34.9 Å². The Morgan fingerprint density at radius 2 is 1.65 bits per heavy atom. The van der Waals surface area contributed by atoms with Crippen LogP contribution in [0.1, 0.15) is 41.7 Å². The average molecular weight is 421 g/mol. The standard InChI is InChI=1S/C24H23NO6/c1-4-29-20-11-9-19(10-12-20)25-23(27)16(3)30-24(28)22-14-13-21(31-22)18-7-5-17(6-8-18)15(2)26/h5-14,16H,4H2,1-3H3,(H,25,27)/t16-/m0/s1. The average Bonchev–Trinajstić information content (AvgIpc) is 3.26. The Morgan fingerprint density at radius 3 is 2.26 bits per heavy atom. The van der Waals surface area contributed by atoms with E-state index < -0.39 is 18.0 Å². The summed E-state index contributed by atoms with van der Waals surface area (Å²) in [5, 5.41) is 2.68. The van der Waals surface area contributed by atoms with E-state index in [1.165, 1.54) is 19.9 Å². The molecule has 3 aromatic rings. The molecule has 0 aliphatic heterocycles. The Kier molecular flexibility index (Phi) is 6.87. The van der Waals surface area contributed by atoms with Gasteiger partial charge in [0.1, 0.15) is 11.5 Å². The van der Waals surface area contributed by atoms with Crippen molar-refractivity contribution in [3.8, 4) is 17.1 Å². The normalized spacial score (nSPS) is 11.5. The monoisotopic (exact) mass is 421 g/mol. The third kappa shape index (κ3) is 5.60. The number of furan rings is 1. The molecule has 2 aromatic carbocycles. The van der Waals surface area contributed by atoms with Crippen molar-refractivity contribution in [3.05, 3.63) is 72.0 Å². The summed E-state index contributed by atoms with van der Waals surface area (Å²) in [5.74, 6) is -0.123. The minimum Gasteiger partial charge on any atom is -0.494 e. The Morgan fingerprint density at radius 1 is 0.968 bits per heavy atom. The van der Waals surface area contributed by atoms with Gasteiger partial charge in [-0.05, 0) is 57.2 Å². The number of ether oxygens (including phenoxy) is 2. The van der Waals surface area contributed by atoms with Gasteiger partial charge in [-0.3, -0.25) is 9.59 Å². The molecule has 1 amide bonds. The maximum absolute atomic E-state index is 12.4. The van der Waals surface area contributed by atoms with Gasteiger partial charge in [0, 0.05) is 16.8 Å². The summed E-state index contributed by atoms with van der Waals surface area (Å²) in [6, 6.07) is 16.8. The van der Waals surface area contributed by atoms with Crippen LogP contribution in [0.2, 0.25) is 0 Å². The first-order valence-electron chi connectivity index (χ1n) is 9.83. The molecule has 0 fully saturated rings. The lowest BCUT2D eigenvalue weighted by atomic mass is 10.1. The molecule has 0 spiro atoms. The Balaban J connectivity index is 1.59. The van der Waals surface area contributed by atoms with Crippen LogP contribution in [-0.2, 0) is 9.53 Å². The molecule has 0 unspecified atom stereocenters. The number of ketones is 1. The lowest BCUT2D eigenvalue weighted by Crippen LogP contribution is -2.29. The summed E-state index contributed by atoms with van der Waals surface area (Å²) in [5.41, 5.74) is 1.86. The van der Waals surface area contributed by atoms with Crippen LogP contribution >= 0.6 is 0 Å². The summed E-state index contributed by atoms with van der Waals surface area (Å²) in [6.45, 7) is 5.41. The van der Waals surface area contributed by atoms with Crippen molar-refractivity contribution in [1.82, 2.24) is 0 Å². The van der Waals surface area contributed by atoms with E-state index >= 15 is 0 Å². The van der Waals surface area contributed by atoms with Crippen LogP contribution in [-0.4, -0.2) is 30.4 Å². The van der Waals surface area contributed by atoms with Crippen molar-refractivity contribution in [1.29, 1.82) is 0 Å². The number of carbonyl (C=O) groups is 3. The largest absolute Gasteiger partial charge is 0.494 e. The van der Waals surface area contributed by atoms with Gasteiger partial charge in [-0.2, -0.15) is 0 Å². The first-order valence-corrected chi connectivity index (χ1v) is 9.83. The predicted molar refractivity (Wildman–Crippen MR) is 115 cm³/mol. The molecular formula is C24H23NO6. The van der Waals surface area contributed by atoms with Gasteiger partial charge in [-0.25, -0.2) is 4.79 Å². The molecule has 0 aliphatic rings. The maximum Gasteiger partial charge on any atom is 0.375 e. The van der Waals surface area contributed by atoms with Gasteiger partial charge >= 0.3 is 5.97 Å². The van der Waals surface area contributed by atoms with Gasteiger partial charge in [0.25, 0.3) is 5.91 Å². The zero-order chi connectivity index (χ0) is 22.4. The molecule has 1 aromatic heterocycles. The van der Waals surface area contributed by atoms with Crippen molar-refractivity contribution in [2.75, 3.05) is 11.9 Å².